The van der Waals surface area contributed by atoms with Gasteiger partial charge in [0.1, 0.15) is 0 Å². The first-order chi connectivity index (χ1) is 12.6. The minimum Gasteiger partial charge on any atom is -0.342 e. The number of anilines is 1. The predicted octanol–water partition coefficient (Wildman–Crippen LogP) is 2.59. The molecule has 1 aromatic rings. The van der Waals surface area contributed by atoms with Gasteiger partial charge in [-0.1, -0.05) is 25.5 Å². The Kier molecular flexibility index (Phi) is 6.30. The highest BCUT2D eigenvalue weighted by Crippen LogP contribution is 2.27. The van der Waals surface area contributed by atoms with Crippen LogP contribution in [0.5, 0.6) is 0 Å². The Morgan fingerprint density at radius 1 is 1.19 bits per heavy atom. The normalized spacial score (nSPS) is 21.5. The third-order valence-corrected chi connectivity index (χ3v) is 5.76. The summed E-state index contributed by atoms with van der Waals surface area (Å²) in [6.45, 7) is 4.29. The van der Waals surface area contributed by atoms with Gasteiger partial charge < -0.3 is 15.1 Å². The maximum absolute atomic E-state index is 12.8. The van der Waals surface area contributed by atoms with E-state index in [1.54, 1.807) is 4.90 Å². The van der Waals surface area contributed by atoms with Gasteiger partial charge >= 0.3 is 0 Å². The smallest absolute Gasteiger partial charge is 0.228 e. The van der Waals surface area contributed by atoms with Crippen molar-refractivity contribution >= 4 is 17.5 Å². The number of amides is 2. The number of carbonyl (C=O) groups excluding carboxylic acids is 2. The van der Waals surface area contributed by atoms with E-state index in [4.69, 9.17) is 0 Å². The van der Waals surface area contributed by atoms with Crippen LogP contribution in [0.3, 0.4) is 0 Å². The average Bonchev–Trinajstić information content (AvgIpc) is 3.08. The number of carbonyl (C=O) groups is 2. The van der Waals surface area contributed by atoms with E-state index in [2.05, 4.69) is 24.4 Å². The Balaban J connectivity index is 1.59. The average molecular weight is 357 g/mol. The molecule has 142 valence electrons. The standard InChI is InChI=1S/C21H31N3O2/c1-3-4-5-16-6-8-19(9-7-16)24-15-17(14-20(24)25)21(26)23-12-10-18(22-2)11-13-23/h6-9,17-18,22H,3-5,10-15H2,1-2H3. The molecule has 2 amide bonds. The van der Waals surface area contributed by atoms with E-state index in [-0.39, 0.29) is 17.7 Å². The number of aryl methyl sites for hydroxylation is 1. The number of rotatable bonds is 6. The zero-order valence-corrected chi connectivity index (χ0v) is 16.0. The van der Waals surface area contributed by atoms with Gasteiger partial charge in [0.05, 0.1) is 5.92 Å². The monoisotopic (exact) mass is 357 g/mol. The highest BCUT2D eigenvalue weighted by molar-refractivity contribution is 6.00. The summed E-state index contributed by atoms with van der Waals surface area (Å²) in [5.41, 5.74) is 2.22. The number of hydrogen-bond donors (Lipinski definition) is 1. The fourth-order valence-corrected chi connectivity index (χ4v) is 3.99. The van der Waals surface area contributed by atoms with Crippen molar-refractivity contribution < 1.29 is 9.59 Å². The second kappa shape index (κ2) is 8.67. The van der Waals surface area contributed by atoms with Crippen LogP contribution < -0.4 is 10.2 Å². The van der Waals surface area contributed by atoms with E-state index < -0.39 is 0 Å². The first-order valence-corrected chi connectivity index (χ1v) is 9.97. The van der Waals surface area contributed by atoms with Gasteiger partial charge in [-0.2, -0.15) is 0 Å². The van der Waals surface area contributed by atoms with Gasteiger partial charge in [0.15, 0.2) is 0 Å². The second-order valence-electron chi connectivity index (χ2n) is 7.56. The number of likely N-dealkylation sites (tertiary alicyclic amines) is 1. The summed E-state index contributed by atoms with van der Waals surface area (Å²) in [6, 6.07) is 8.76. The molecule has 1 unspecified atom stereocenters. The summed E-state index contributed by atoms with van der Waals surface area (Å²) in [7, 11) is 1.98. The van der Waals surface area contributed by atoms with Crippen molar-refractivity contribution in [3.63, 3.8) is 0 Å². The van der Waals surface area contributed by atoms with E-state index >= 15 is 0 Å². The van der Waals surface area contributed by atoms with Crippen LogP contribution in [0, 0.1) is 5.92 Å². The van der Waals surface area contributed by atoms with Crippen LogP contribution in [0.1, 0.15) is 44.6 Å². The lowest BCUT2D eigenvalue weighted by atomic mass is 10.0. The van der Waals surface area contributed by atoms with Gasteiger partial charge in [-0.25, -0.2) is 0 Å². The quantitative estimate of drug-likeness (QED) is 0.851. The van der Waals surface area contributed by atoms with Crippen molar-refractivity contribution in [2.75, 3.05) is 31.6 Å². The third kappa shape index (κ3) is 4.26. The van der Waals surface area contributed by atoms with Gasteiger partial charge in [0.25, 0.3) is 0 Å². The maximum atomic E-state index is 12.8. The molecule has 0 bridgehead atoms. The molecule has 2 aliphatic rings. The van der Waals surface area contributed by atoms with Crippen LogP contribution >= 0.6 is 0 Å². The SMILES string of the molecule is CCCCc1ccc(N2CC(C(=O)N3CCC(NC)CC3)CC2=O)cc1. The molecular weight excluding hydrogens is 326 g/mol. The van der Waals surface area contributed by atoms with Gasteiger partial charge in [-0.05, 0) is 50.4 Å². The minimum absolute atomic E-state index is 0.0646. The first kappa shape index (κ1) is 18.9. The molecule has 2 saturated heterocycles. The summed E-state index contributed by atoms with van der Waals surface area (Å²) in [5, 5.41) is 3.29. The van der Waals surface area contributed by atoms with Crippen LogP contribution in [0.4, 0.5) is 5.69 Å². The van der Waals surface area contributed by atoms with Gasteiger partial charge in [-0.15, -0.1) is 0 Å². The topological polar surface area (TPSA) is 52.7 Å². The van der Waals surface area contributed by atoms with Crippen molar-refractivity contribution in [1.82, 2.24) is 10.2 Å². The van der Waals surface area contributed by atoms with Gasteiger partial charge in [0.2, 0.25) is 11.8 Å². The molecular formula is C21H31N3O2. The van der Waals surface area contributed by atoms with Crippen molar-refractivity contribution in [3.8, 4) is 0 Å². The molecule has 2 aliphatic heterocycles. The van der Waals surface area contributed by atoms with Crippen molar-refractivity contribution in [3.05, 3.63) is 29.8 Å². The van der Waals surface area contributed by atoms with Crippen LogP contribution in [0.2, 0.25) is 0 Å². The van der Waals surface area contributed by atoms with E-state index in [0.717, 1.165) is 38.0 Å². The molecule has 26 heavy (non-hydrogen) atoms. The summed E-state index contributed by atoms with van der Waals surface area (Å²) >= 11 is 0. The lowest BCUT2D eigenvalue weighted by Crippen LogP contribution is -2.46. The minimum atomic E-state index is -0.201. The second-order valence-corrected chi connectivity index (χ2v) is 7.56. The Morgan fingerprint density at radius 3 is 2.50 bits per heavy atom. The van der Waals surface area contributed by atoms with Crippen LogP contribution in [0.15, 0.2) is 24.3 Å². The Labute approximate surface area is 156 Å². The molecule has 2 heterocycles. The fraction of sp³-hybridized carbons (Fsp3) is 0.619. The molecule has 1 aromatic carbocycles. The number of hydrogen-bond acceptors (Lipinski definition) is 3. The summed E-state index contributed by atoms with van der Waals surface area (Å²) in [6.07, 6.45) is 5.76. The molecule has 2 fully saturated rings. The number of benzene rings is 1. The van der Waals surface area contributed by atoms with E-state index in [0.29, 0.717) is 19.0 Å². The number of piperidine rings is 1. The first-order valence-electron chi connectivity index (χ1n) is 9.97. The van der Waals surface area contributed by atoms with Crippen molar-refractivity contribution in [2.45, 2.75) is 51.5 Å². The Bertz CT molecular complexity index is 621. The molecule has 0 saturated carbocycles. The van der Waals surface area contributed by atoms with E-state index in [1.165, 1.54) is 18.4 Å². The lowest BCUT2D eigenvalue weighted by molar-refractivity contribution is -0.136. The largest absolute Gasteiger partial charge is 0.342 e. The van der Waals surface area contributed by atoms with Gasteiger partial charge in [0, 0.05) is 37.8 Å². The molecule has 1 atom stereocenters. The third-order valence-electron chi connectivity index (χ3n) is 5.76. The van der Waals surface area contributed by atoms with Crippen molar-refractivity contribution in [2.24, 2.45) is 5.92 Å². The molecule has 3 rings (SSSR count). The highest BCUT2D eigenvalue weighted by Gasteiger charge is 2.37. The number of unbranched alkanes of at least 4 members (excludes halogenated alkanes) is 1. The van der Waals surface area contributed by atoms with E-state index in [9.17, 15) is 9.59 Å². The summed E-state index contributed by atoms with van der Waals surface area (Å²) < 4.78 is 0. The number of nitrogens with zero attached hydrogens (tertiary/aromatic N) is 2. The molecule has 0 radical (unpaired) electrons. The lowest BCUT2D eigenvalue weighted by Gasteiger charge is -2.33. The number of nitrogens with one attached hydrogen (secondary N) is 1. The van der Waals surface area contributed by atoms with E-state index in [1.807, 2.05) is 24.1 Å². The predicted molar refractivity (Wildman–Crippen MR) is 104 cm³/mol. The molecule has 0 aliphatic carbocycles. The molecule has 0 spiro atoms. The fourth-order valence-electron chi connectivity index (χ4n) is 3.99. The van der Waals surface area contributed by atoms with Crippen LogP contribution in [-0.2, 0) is 16.0 Å². The van der Waals surface area contributed by atoms with Crippen molar-refractivity contribution in [1.29, 1.82) is 0 Å². The Morgan fingerprint density at radius 2 is 1.88 bits per heavy atom. The molecule has 5 heteroatoms. The Hall–Kier alpha value is -1.88. The van der Waals surface area contributed by atoms with Crippen LogP contribution in [-0.4, -0.2) is 49.4 Å². The summed E-state index contributed by atoms with van der Waals surface area (Å²) in [5.74, 6) is 0.0122. The molecule has 0 aromatic heterocycles. The van der Waals surface area contributed by atoms with Crippen LogP contribution in [0.25, 0.3) is 0 Å². The zero-order valence-electron chi connectivity index (χ0n) is 16.0. The summed E-state index contributed by atoms with van der Waals surface area (Å²) in [4.78, 5) is 29.0. The molecule has 5 nitrogen and oxygen atoms in total. The van der Waals surface area contributed by atoms with Gasteiger partial charge in [-0.3, -0.25) is 9.59 Å². The maximum Gasteiger partial charge on any atom is 0.228 e. The molecule has 1 N–H and O–H groups in total. The highest BCUT2D eigenvalue weighted by atomic mass is 16.2. The zero-order chi connectivity index (χ0) is 18.5.